The maximum absolute atomic E-state index is 6.07. The monoisotopic (exact) mass is 291 g/mol. The summed E-state index contributed by atoms with van der Waals surface area (Å²) < 4.78 is 11.7. The lowest BCUT2D eigenvalue weighted by Crippen LogP contribution is -2.27. The minimum absolute atomic E-state index is 0.274. The van der Waals surface area contributed by atoms with Crippen LogP contribution in [-0.2, 0) is 4.74 Å². The van der Waals surface area contributed by atoms with Crippen molar-refractivity contribution in [1.29, 1.82) is 0 Å². The molecule has 0 spiro atoms. The zero-order valence-electron chi connectivity index (χ0n) is 13.4. The summed E-state index contributed by atoms with van der Waals surface area (Å²) in [6.45, 7) is 6.75. The topological polar surface area (TPSA) is 30.5 Å². The number of hydrogen-bond acceptors (Lipinski definition) is 3. The first-order valence-corrected chi connectivity index (χ1v) is 8.41. The summed E-state index contributed by atoms with van der Waals surface area (Å²) in [6.07, 6.45) is 6.60. The Bertz CT molecular complexity index is 385. The van der Waals surface area contributed by atoms with Gasteiger partial charge in [-0.3, -0.25) is 0 Å². The van der Waals surface area contributed by atoms with E-state index in [1.807, 2.05) is 0 Å². The predicted octanol–water partition coefficient (Wildman–Crippen LogP) is 4.09. The molecule has 1 fully saturated rings. The second-order valence-corrected chi connectivity index (χ2v) is 5.77. The molecule has 1 aliphatic carbocycles. The molecule has 2 rings (SSSR count). The van der Waals surface area contributed by atoms with Crippen LogP contribution in [0.25, 0.3) is 0 Å². The van der Waals surface area contributed by atoms with Gasteiger partial charge in [0, 0.05) is 0 Å². The molecule has 3 nitrogen and oxygen atoms in total. The van der Waals surface area contributed by atoms with E-state index in [4.69, 9.17) is 9.47 Å². The fraction of sp³-hybridized carbons (Fsp3) is 0.667. The second kappa shape index (κ2) is 9.06. The molecule has 1 aliphatic rings. The van der Waals surface area contributed by atoms with Crippen molar-refractivity contribution in [2.75, 3.05) is 19.8 Å². The number of likely N-dealkylation sites (N-methyl/N-ethyl adjacent to an activating group) is 1. The SMILES string of the molecule is CCCOc1ccc(C(COC2CCCC2)NCC)cc1. The van der Waals surface area contributed by atoms with Gasteiger partial charge in [0.2, 0.25) is 0 Å². The number of nitrogens with one attached hydrogen (secondary N) is 1. The third-order valence-corrected chi connectivity index (χ3v) is 4.01. The van der Waals surface area contributed by atoms with Crippen molar-refractivity contribution >= 4 is 0 Å². The van der Waals surface area contributed by atoms with E-state index < -0.39 is 0 Å². The summed E-state index contributed by atoms with van der Waals surface area (Å²) >= 11 is 0. The first-order chi connectivity index (χ1) is 10.3. The van der Waals surface area contributed by atoms with E-state index in [9.17, 15) is 0 Å². The number of rotatable bonds is 9. The zero-order valence-corrected chi connectivity index (χ0v) is 13.4. The molecule has 0 bridgehead atoms. The lowest BCUT2D eigenvalue weighted by atomic mass is 10.1. The van der Waals surface area contributed by atoms with E-state index in [1.54, 1.807) is 0 Å². The van der Waals surface area contributed by atoms with E-state index in [-0.39, 0.29) is 6.04 Å². The van der Waals surface area contributed by atoms with Gasteiger partial charge in [-0.1, -0.05) is 38.8 Å². The van der Waals surface area contributed by atoms with E-state index in [2.05, 4.69) is 43.4 Å². The Morgan fingerprint density at radius 3 is 2.48 bits per heavy atom. The van der Waals surface area contributed by atoms with Crippen LogP contribution in [0.2, 0.25) is 0 Å². The first-order valence-electron chi connectivity index (χ1n) is 8.41. The van der Waals surface area contributed by atoms with Crippen LogP contribution in [0.15, 0.2) is 24.3 Å². The van der Waals surface area contributed by atoms with Gasteiger partial charge in [0.15, 0.2) is 0 Å². The molecule has 1 atom stereocenters. The van der Waals surface area contributed by atoms with Crippen LogP contribution in [0.5, 0.6) is 5.75 Å². The van der Waals surface area contributed by atoms with Crippen molar-refractivity contribution in [2.45, 2.75) is 58.1 Å². The molecule has 1 aromatic rings. The largest absolute Gasteiger partial charge is 0.494 e. The van der Waals surface area contributed by atoms with Crippen molar-refractivity contribution in [3.05, 3.63) is 29.8 Å². The Hall–Kier alpha value is -1.06. The van der Waals surface area contributed by atoms with Crippen molar-refractivity contribution in [1.82, 2.24) is 5.32 Å². The molecule has 1 aromatic carbocycles. The van der Waals surface area contributed by atoms with Crippen LogP contribution in [-0.4, -0.2) is 25.9 Å². The fourth-order valence-corrected chi connectivity index (χ4v) is 2.82. The lowest BCUT2D eigenvalue weighted by molar-refractivity contribution is 0.0428. The smallest absolute Gasteiger partial charge is 0.119 e. The maximum atomic E-state index is 6.07. The van der Waals surface area contributed by atoms with Gasteiger partial charge >= 0.3 is 0 Å². The summed E-state index contributed by atoms with van der Waals surface area (Å²) in [5, 5.41) is 3.52. The standard InChI is InChI=1S/C18H29NO2/c1-3-13-20-17-11-9-15(10-12-17)18(19-4-2)14-21-16-7-5-6-8-16/h9-12,16,18-19H,3-8,13-14H2,1-2H3. The minimum atomic E-state index is 0.274. The molecular weight excluding hydrogens is 262 g/mol. The normalized spacial score (nSPS) is 17.0. The summed E-state index contributed by atoms with van der Waals surface area (Å²) in [4.78, 5) is 0. The molecule has 0 aliphatic heterocycles. The van der Waals surface area contributed by atoms with E-state index >= 15 is 0 Å². The fourth-order valence-electron chi connectivity index (χ4n) is 2.82. The maximum Gasteiger partial charge on any atom is 0.119 e. The molecular formula is C18H29NO2. The minimum Gasteiger partial charge on any atom is -0.494 e. The van der Waals surface area contributed by atoms with Gasteiger partial charge in [0.05, 0.1) is 25.4 Å². The highest BCUT2D eigenvalue weighted by Gasteiger charge is 2.18. The predicted molar refractivity (Wildman–Crippen MR) is 86.9 cm³/mol. The highest BCUT2D eigenvalue weighted by molar-refractivity contribution is 5.29. The third kappa shape index (κ3) is 5.33. The summed E-state index contributed by atoms with van der Waals surface area (Å²) in [5.41, 5.74) is 1.28. The summed E-state index contributed by atoms with van der Waals surface area (Å²) in [5.74, 6) is 0.951. The van der Waals surface area contributed by atoms with Gasteiger partial charge in [0.25, 0.3) is 0 Å². The third-order valence-electron chi connectivity index (χ3n) is 4.01. The van der Waals surface area contributed by atoms with E-state index in [0.717, 1.165) is 31.9 Å². The van der Waals surface area contributed by atoms with Gasteiger partial charge in [-0.05, 0) is 43.5 Å². The molecule has 0 aromatic heterocycles. The molecule has 1 unspecified atom stereocenters. The summed E-state index contributed by atoms with van der Waals surface area (Å²) in [6, 6.07) is 8.69. The Labute approximate surface area is 129 Å². The Balaban J connectivity index is 1.89. The van der Waals surface area contributed by atoms with Crippen molar-refractivity contribution in [3.8, 4) is 5.75 Å². The first kappa shape index (κ1) is 16.3. The Morgan fingerprint density at radius 1 is 1.14 bits per heavy atom. The molecule has 0 saturated heterocycles. The lowest BCUT2D eigenvalue weighted by Gasteiger charge is -2.21. The number of hydrogen-bond donors (Lipinski definition) is 1. The van der Waals surface area contributed by atoms with Crippen molar-refractivity contribution in [2.24, 2.45) is 0 Å². The molecule has 0 radical (unpaired) electrons. The second-order valence-electron chi connectivity index (χ2n) is 5.77. The Morgan fingerprint density at radius 2 is 1.86 bits per heavy atom. The van der Waals surface area contributed by atoms with Crippen molar-refractivity contribution < 1.29 is 9.47 Å². The summed E-state index contributed by atoms with van der Waals surface area (Å²) in [7, 11) is 0. The van der Waals surface area contributed by atoms with Crippen LogP contribution >= 0.6 is 0 Å². The van der Waals surface area contributed by atoms with Crippen LogP contribution in [0.3, 0.4) is 0 Å². The molecule has 0 amide bonds. The number of benzene rings is 1. The van der Waals surface area contributed by atoms with Crippen LogP contribution in [0.4, 0.5) is 0 Å². The van der Waals surface area contributed by atoms with Gasteiger partial charge in [0.1, 0.15) is 5.75 Å². The van der Waals surface area contributed by atoms with Crippen LogP contribution in [0, 0.1) is 0 Å². The average Bonchev–Trinajstić information content (AvgIpc) is 3.03. The molecule has 1 N–H and O–H groups in total. The quantitative estimate of drug-likeness (QED) is 0.743. The molecule has 1 saturated carbocycles. The zero-order chi connectivity index (χ0) is 14.9. The van der Waals surface area contributed by atoms with Gasteiger partial charge in [-0.25, -0.2) is 0 Å². The van der Waals surface area contributed by atoms with Crippen LogP contribution < -0.4 is 10.1 Å². The van der Waals surface area contributed by atoms with Gasteiger partial charge in [-0.15, -0.1) is 0 Å². The highest BCUT2D eigenvalue weighted by atomic mass is 16.5. The van der Waals surface area contributed by atoms with Crippen molar-refractivity contribution in [3.63, 3.8) is 0 Å². The van der Waals surface area contributed by atoms with E-state index in [0.29, 0.717) is 6.10 Å². The molecule has 3 heteroatoms. The molecule has 21 heavy (non-hydrogen) atoms. The van der Waals surface area contributed by atoms with Gasteiger partial charge in [-0.2, -0.15) is 0 Å². The van der Waals surface area contributed by atoms with E-state index in [1.165, 1.54) is 31.2 Å². The Kier molecular flexibility index (Phi) is 7.04. The molecule has 0 heterocycles. The molecule has 118 valence electrons. The highest BCUT2D eigenvalue weighted by Crippen LogP contribution is 2.24. The van der Waals surface area contributed by atoms with Crippen LogP contribution in [0.1, 0.15) is 57.6 Å². The number of ether oxygens (including phenoxy) is 2. The average molecular weight is 291 g/mol. The van der Waals surface area contributed by atoms with Gasteiger partial charge < -0.3 is 14.8 Å².